The number of aromatic nitrogens is 3. The molecule has 7 aromatic carbocycles. The van der Waals surface area contributed by atoms with E-state index in [4.69, 9.17) is 9.97 Å². The van der Waals surface area contributed by atoms with Crippen LogP contribution in [-0.2, 0) is 0 Å². The zero-order valence-electron chi connectivity index (χ0n) is 27.0. The summed E-state index contributed by atoms with van der Waals surface area (Å²) in [6.45, 7) is 0. The predicted molar refractivity (Wildman–Crippen MR) is 211 cm³/mol. The van der Waals surface area contributed by atoms with Crippen LogP contribution in [-0.4, -0.2) is 14.5 Å². The summed E-state index contributed by atoms with van der Waals surface area (Å²) in [5.41, 5.74) is 10.5. The van der Waals surface area contributed by atoms with Crippen molar-refractivity contribution in [2.24, 2.45) is 0 Å². The van der Waals surface area contributed by atoms with E-state index in [0.29, 0.717) is 5.82 Å². The number of para-hydroxylation sites is 1. The Balaban J connectivity index is 1.20. The molecular weight excluding hydrogens is 627 g/mol. The molecule has 3 heterocycles. The van der Waals surface area contributed by atoms with Crippen LogP contribution in [0.4, 0.5) is 0 Å². The first kappa shape index (κ1) is 28.6. The number of thiophene rings is 1. The zero-order chi connectivity index (χ0) is 33.0. The van der Waals surface area contributed by atoms with Gasteiger partial charge in [0.25, 0.3) is 0 Å². The van der Waals surface area contributed by atoms with E-state index >= 15 is 0 Å². The smallest absolute Gasteiger partial charge is 0.160 e. The van der Waals surface area contributed by atoms with Crippen LogP contribution in [0, 0.1) is 0 Å². The molecule has 0 N–H and O–H groups in total. The number of hydrogen-bond acceptors (Lipinski definition) is 3. The van der Waals surface area contributed by atoms with Gasteiger partial charge in [0.2, 0.25) is 0 Å². The first-order valence-corrected chi connectivity index (χ1v) is 17.7. The molecule has 10 rings (SSSR count). The normalized spacial score (nSPS) is 11.6. The third kappa shape index (κ3) is 4.65. The van der Waals surface area contributed by atoms with Gasteiger partial charge in [-0.2, -0.15) is 0 Å². The summed E-state index contributed by atoms with van der Waals surface area (Å²) in [6.07, 6.45) is 0. The number of rotatable bonds is 5. The third-order valence-electron chi connectivity index (χ3n) is 9.62. The average Bonchev–Trinajstić information content (AvgIpc) is 3.72. The summed E-state index contributed by atoms with van der Waals surface area (Å²) in [4.78, 5) is 10.5. The highest BCUT2D eigenvalue weighted by Gasteiger charge is 2.21. The van der Waals surface area contributed by atoms with Gasteiger partial charge in [0.1, 0.15) is 0 Å². The molecule has 0 saturated carbocycles. The number of fused-ring (bicyclic) bond motifs is 6. The van der Waals surface area contributed by atoms with Crippen molar-refractivity contribution >= 4 is 53.3 Å². The van der Waals surface area contributed by atoms with Gasteiger partial charge in [-0.15, -0.1) is 11.3 Å². The maximum atomic E-state index is 5.26. The van der Waals surface area contributed by atoms with Crippen LogP contribution in [0.15, 0.2) is 176 Å². The Morgan fingerprint density at radius 1 is 0.380 bits per heavy atom. The van der Waals surface area contributed by atoms with E-state index in [0.717, 1.165) is 44.9 Å². The number of benzene rings is 7. The molecule has 0 amide bonds. The lowest BCUT2D eigenvalue weighted by Crippen LogP contribution is -2.01. The highest BCUT2D eigenvalue weighted by Crippen LogP contribution is 2.42. The Hall–Kier alpha value is -6.36. The van der Waals surface area contributed by atoms with Gasteiger partial charge in [-0.25, -0.2) is 9.97 Å². The fraction of sp³-hybridized carbons (Fsp3) is 0. The first-order valence-electron chi connectivity index (χ1n) is 16.8. The predicted octanol–water partition coefficient (Wildman–Crippen LogP) is 12.6. The van der Waals surface area contributed by atoms with E-state index in [9.17, 15) is 0 Å². The van der Waals surface area contributed by atoms with Crippen molar-refractivity contribution in [1.82, 2.24) is 14.5 Å². The standard InChI is InChI=1S/C46H29N3S/c1-4-14-31(15-5-1)44-43(45(32-16-6-2-7-17-32)48-46(47-44)33-18-8-3-9-19-33)30-24-26-34(27-25-30)49-39-22-12-10-20-35(39)37-29-42-38(28-40(37)49)36-21-11-13-23-41(36)50-42/h1-29H. The molecule has 234 valence electrons. The van der Waals surface area contributed by atoms with Crippen molar-refractivity contribution in [1.29, 1.82) is 0 Å². The molecule has 3 aromatic heterocycles. The number of nitrogens with zero attached hydrogens (tertiary/aromatic N) is 3. The van der Waals surface area contributed by atoms with Crippen LogP contribution >= 0.6 is 11.3 Å². The lowest BCUT2D eigenvalue weighted by atomic mass is 9.94. The minimum Gasteiger partial charge on any atom is -0.309 e. The summed E-state index contributed by atoms with van der Waals surface area (Å²) in [5.74, 6) is 0.709. The second kappa shape index (κ2) is 11.7. The van der Waals surface area contributed by atoms with Crippen molar-refractivity contribution < 1.29 is 0 Å². The van der Waals surface area contributed by atoms with Gasteiger partial charge in [-0.05, 0) is 42.0 Å². The van der Waals surface area contributed by atoms with Gasteiger partial charge in [0.05, 0.1) is 22.4 Å². The van der Waals surface area contributed by atoms with Crippen molar-refractivity contribution in [3.8, 4) is 50.7 Å². The highest BCUT2D eigenvalue weighted by molar-refractivity contribution is 7.25. The van der Waals surface area contributed by atoms with E-state index < -0.39 is 0 Å². The Bertz CT molecular complexity index is 2770. The van der Waals surface area contributed by atoms with E-state index in [2.05, 4.69) is 150 Å². The van der Waals surface area contributed by atoms with Gasteiger partial charge in [0, 0.05) is 58.9 Å². The van der Waals surface area contributed by atoms with E-state index in [-0.39, 0.29) is 0 Å². The minimum absolute atomic E-state index is 0.709. The average molecular weight is 656 g/mol. The van der Waals surface area contributed by atoms with Gasteiger partial charge < -0.3 is 4.57 Å². The van der Waals surface area contributed by atoms with Crippen LogP contribution in [0.3, 0.4) is 0 Å². The quantitative estimate of drug-likeness (QED) is 0.185. The minimum atomic E-state index is 0.709. The Morgan fingerprint density at radius 3 is 1.60 bits per heavy atom. The number of hydrogen-bond donors (Lipinski definition) is 0. The summed E-state index contributed by atoms with van der Waals surface area (Å²) in [6, 6.07) is 62.4. The summed E-state index contributed by atoms with van der Waals surface area (Å²) in [7, 11) is 0. The molecule has 0 aliphatic carbocycles. The molecule has 0 atom stereocenters. The van der Waals surface area contributed by atoms with Gasteiger partial charge >= 0.3 is 0 Å². The molecule has 0 saturated heterocycles. The molecule has 4 heteroatoms. The van der Waals surface area contributed by atoms with Gasteiger partial charge in [-0.1, -0.05) is 140 Å². The first-order chi connectivity index (χ1) is 24.8. The molecule has 0 bridgehead atoms. The fourth-order valence-corrected chi connectivity index (χ4v) is 8.43. The van der Waals surface area contributed by atoms with Crippen LogP contribution in [0.25, 0.3) is 92.7 Å². The van der Waals surface area contributed by atoms with Crippen LogP contribution < -0.4 is 0 Å². The summed E-state index contributed by atoms with van der Waals surface area (Å²) >= 11 is 1.87. The SMILES string of the molecule is c1ccc(-c2nc(-c3ccccc3)c(-c3ccc(-n4c5ccccc5c5cc6sc7ccccc7c6cc54)cc3)c(-c3ccccc3)n2)cc1. The van der Waals surface area contributed by atoms with Gasteiger partial charge in [0.15, 0.2) is 5.82 Å². The van der Waals surface area contributed by atoms with Crippen molar-refractivity contribution in [3.63, 3.8) is 0 Å². The molecule has 0 unspecified atom stereocenters. The topological polar surface area (TPSA) is 30.7 Å². The lowest BCUT2D eigenvalue weighted by molar-refractivity contribution is 1.17. The maximum Gasteiger partial charge on any atom is 0.160 e. The fourth-order valence-electron chi connectivity index (χ4n) is 7.30. The molecule has 50 heavy (non-hydrogen) atoms. The van der Waals surface area contributed by atoms with Crippen molar-refractivity contribution in [2.45, 2.75) is 0 Å². The van der Waals surface area contributed by atoms with Crippen LogP contribution in [0.5, 0.6) is 0 Å². The maximum absolute atomic E-state index is 5.26. The monoisotopic (exact) mass is 655 g/mol. The molecule has 0 fully saturated rings. The largest absolute Gasteiger partial charge is 0.309 e. The van der Waals surface area contributed by atoms with Crippen molar-refractivity contribution in [3.05, 3.63) is 176 Å². The Kier molecular flexibility index (Phi) is 6.68. The van der Waals surface area contributed by atoms with Crippen LogP contribution in [0.1, 0.15) is 0 Å². The lowest BCUT2D eigenvalue weighted by Gasteiger charge is -2.17. The Morgan fingerprint density at radius 2 is 0.940 bits per heavy atom. The molecule has 0 spiro atoms. The molecule has 0 aliphatic rings. The summed E-state index contributed by atoms with van der Waals surface area (Å²) < 4.78 is 5.04. The van der Waals surface area contributed by atoms with Gasteiger partial charge in [-0.3, -0.25) is 0 Å². The highest BCUT2D eigenvalue weighted by atomic mass is 32.1. The second-order valence-corrected chi connectivity index (χ2v) is 13.7. The molecule has 3 nitrogen and oxygen atoms in total. The molecule has 0 radical (unpaired) electrons. The van der Waals surface area contributed by atoms with E-state index in [1.54, 1.807) is 0 Å². The molecule has 0 aliphatic heterocycles. The Labute approximate surface area is 293 Å². The zero-order valence-corrected chi connectivity index (χ0v) is 27.8. The van der Waals surface area contributed by atoms with Crippen LogP contribution in [0.2, 0.25) is 0 Å². The third-order valence-corrected chi connectivity index (χ3v) is 10.8. The molecule has 10 aromatic rings. The second-order valence-electron chi connectivity index (χ2n) is 12.6. The van der Waals surface area contributed by atoms with E-state index in [1.165, 1.54) is 42.0 Å². The van der Waals surface area contributed by atoms with E-state index in [1.807, 2.05) is 41.7 Å². The molecular formula is C46H29N3S. The van der Waals surface area contributed by atoms with Crippen molar-refractivity contribution in [2.75, 3.05) is 0 Å². The summed E-state index contributed by atoms with van der Waals surface area (Å²) in [5, 5.41) is 5.14.